The van der Waals surface area contributed by atoms with Crippen molar-refractivity contribution in [2.75, 3.05) is 0 Å². The summed E-state index contributed by atoms with van der Waals surface area (Å²) >= 11 is 0. The Morgan fingerprint density at radius 3 is 1.42 bits per heavy atom. The molecule has 136 valence electrons. The zero-order valence-corrected chi connectivity index (χ0v) is 13.3. The van der Waals surface area contributed by atoms with Gasteiger partial charge >= 0.3 is 23.9 Å². The van der Waals surface area contributed by atoms with Crippen LogP contribution >= 0.6 is 0 Å². The van der Waals surface area contributed by atoms with Gasteiger partial charge in [0.05, 0.1) is 11.1 Å². The van der Waals surface area contributed by atoms with E-state index in [4.69, 9.17) is 20.4 Å². The second-order valence-corrected chi connectivity index (χ2v) is 5.17. The third kappa shape index (κ3) is 8.61. The van der Waals surface area contributed by atoms with Crippen molar-refractivity contribution in [2.45, 2.75) is 33.4 Å². The smallest absolute Gasteiger partial charge is 0.365 e. The van der Waals surface area contributed by atoms with Crippen molar-refractivity contribution in [3.63, 3.8) is 0 Å². The summed E-state index contributed by atoms with van der Waals surface area (Å²) in [5.74, 6) is -8.68. The maximum atomic E-state index is 13.0. The average molecular weight is 352 g/mol. The number of carbonyl (C=O) groups is 4. The minimum absolute atomic E-state index is 0.350. The molecule has 0 bridgehead atoms. The normalized spacial score (nSPS) is 12.7. The molecule has 0 radical (unpaired) electrons. The van der Waals surface area contributed by atoms with E-state index in [1.165, 1.54) is 13.8 Å². The summed E-state index contributed by atoms with van der Waals surface area (Å²) in [4.78, 5) is 40.7. The van der Waals surface area contributed by atoms with Crippen molar-refractivity contribution in [1.82, 2.24) is 0 Å². The lowest BCUT2D eigenvalue weighted by atomic mass is 10.00. The van der Waals surface area contributed by atoms with Crippen LogP contribution in [0.4, 0.5) is 8.78 Å². The number of hydrogen-bond donors (Lipinski definition) is 4. The number of rotatable bonds is 6. The highest BCUT2D eigenvalue weighted by Crippen LogP contribution is 2.20. The van der Waals surface area contributed by atoms with Crippen LogP contribution in [0.25, 0.3) is 0 Å². The van der Waals surface area contributed by atoms with Crippen LogP contribution in [-0.4, -0.2) is 50.0 Å². The largest absolute Gasteiger partial charge is 0.478 e. The lowest BCUT2D eigenvalue weighted by Gasteiger charge is -2.13. The van der Waals surface area contributed by atoms with E-state index in [0.29, 0.717) is 6.08 Å². The van der Waals surface area contributed by atoms with E-state index >= 15 is 0 Å². The van der Waals surface area contributed by atoms with Gasteiger partial charge in [0.25, 0.3) is 0 Å². The van der Waals surface area contributed by atoms with Crippen molar-refractivity contribution in [3.8, 4) is 0 Å². The van der Waals surface area contributed by atoms with E-state index in [9.17, 15) is 28.0 Å². The van der Waals surface area contributed by atoms with Gasteiger partial charge in [-0.25, -0.2) is 23.6 Å². The van der Waals surface area contributed by atoms with Crippen molar-refractivity contribution >= 4 is 23.9 Å². The van der Waals surface area contributed by atoms with Gasteiger partial charge in [-0.15, -0.1) is 0 Å². The maximum absolute atomic E-state index is 13.0. The molecule has 0 saturated carbocycles. The van der Waals surface area contributed by atoms with Gasteiger partial charge in [0.2, 0.25) is 5.83 Å². The summed E-state index contributed by atoms with van der Waals surface area (Å²) in [6.07, 6.45) is 0.350. The summed E-state index contributed by atoms with van der Waals surface area (Å²) in [5, 5.41) is 33.1. The Morgan fingerprint density at radius 1 is 0.917 bits per heavy atom. The number of alkyl halides is 1. The molecule has 0 saturated heterocycles. The predicted octanol–water partition coefficient (Wildman–Crippen LogP) is 1.87. The van der Waals surface area contributed by atoms with Gasteiger partial charge in [0, 0.05) is 6.08 Å². The van der Waals surface area contributed by atoms with Gasteiger partial charge in [-0.05, 0) is 19.8 Å². The fourth-order valence-corrected chi connectivity index (χ4v) is 1.32. The molecule has 0 aromatic rings. The van der Waals surface area contributed by atoms with Gasteiger partial charge in [-0.3, -0.25) is 0 Å². The average Bonchev–Trinajstić information content (AvgIpc) is 2.33. The van der Waals surface area contributed by atoms with Crippen LogP contribution in [0.3, 0.4) is 0 Å². The number of carboxylic acids is 4. The van der Waals surface area contributed by atoms with Crippen LogP contribution in [-0.2, 0) is 19.2 Å². The molecular formula is C14H18F2O8. The van der Waals surface area contributed by atoms with Crippen molar-refractivity contribution in [2.24, 2.45) is 5.92 Å². The molecule has 0 aliphatic heterocycles. The minimum atomic E-state index is -2.15. The van der Waals surface area contributed by atoms with Crippen LogP contribution < -0.4 is 0 Å². The first-order chi connectivity index (χ1) is 10.6. The van der Waals surface area contributed by atoms with E-state index in [2.05, 4.69) is 0 Å². The third-order valence-electron chi connectivity index (χ3n) is 2.37. The molecule has 0 spiro atoms. The predicted molar refractivity (Wildman–Crippen MR) is 76.8 cm³/mol. The van der Waals surface area contributed by atoms with Gasteiger partial charge in [-0.1, -0.05) is 13.8 Å². The monoisotopic (exact) mass is 352 g/mol. The van der Waals surface area contributed by atoms with Gasteiger partial charge in [0.1, 0.15) is 5.67 Å². The molecule has 0 aromatic heterocycles. The standard InChI is InChI=1S/2C7H9FO4/c1-7(2,8)4(6(11)12)3-5(9)10;1-3(2)4(6(9)10)5(8)7(11)12/h2*3H,1-2H3,(H,9,10)(H,11,12)/b4-3+;5-4+. The Bertz CT molecular complexity index is 582. The zero-order chi connectivity index (χ0) is 19.8. The Kier molecular flexibility index (Phi) is 9.18. The Balaban J connectivity index is 0. The third-order valence-corrected chi connectivity index (χ3v) is 2.37. The van der Waals surface area contributed by atoms with E-state index in [-0.39, 0.29) is 0 Å². The second kappa shape index (κ2) is 9.38. The molecule has 0 heterocycles. The summed E-state index contributed by atoms with van der Waals surface area (Å²) in [6, 6.07) is 0. The molecule has 8 nitrogen and oxygen atoms in total. The number of carboxylic acid groups (broad SMARTS) is 4. The van der Waals surface area contributed by atoms with Gasteiger partial charge < -0.3 is 20.4 Å². The molecule has 0 fully saturated rings. The van der Waals surface area contributed by atoms with Crippen LogP contribution in [0.1, 0.15) is 27.7 Å². The van der Waals surface area contributed by atoms with Gasteiger partial charge in [-0.2, -0.15) is 4.39 Å². The highest BCUT2D eigenvalue weighted by atomic mass is 19.1. The van der Waals surface area contributed by atoms with Crippen molar-refractivity contribution < 1.29 is 48.4 Å². The quantitative estimate of drug-likeness (QED) is 0.529. The molecule has 0 atom stereocenters. The number of halogens is 2. The summed E-state index contributed by atoms with van der Waals surface area (Å²) in [5.41, 5.74) is -3.62. The Morgan fingerprint density at radius 2 is 1.33 bits per heavy atom. The summed E-state index contributed by atoms with van der Waals surface area (Å²) in [7, 11) is 0. The minimum Gasteiger partial charge on any atom is -0.478 e. The summed E-state index contributed by atoms with van der Waals surface area (Å²) in [6.45, 7) is 4.78. The topological polar surface area (TPSA) is 149 Å². The Hall–Kier alpha value is -2.78. The number of hydrogen-bond acceptors (Lipinski definition) is 4. The van der Waals surface area contributed by atoms with E-state index in [1.807, 2.05) is 0 Å². The van der Waals surface area contributed by atoms with Crippen molar-refractivity contribution in [3.05, 3.63) is 23.0 Å². The first-order valence-electron chi connectivity index (χ1n) is 6.36. The zero-order valence-electron chi connectivity index (χ0n) is 13.3. The van der Waals surface area contributed by atoms with Crippen LogP contribution in [0.5, 0.6) is 0 Å². The highest BCUT2D eigenvalue weighted by molar-refractivity contribution is 5.97. The molecule has 0 aromatic carbocycles. The molecule has 10 heteroatoms. The number of aliphatic carboxylic acids is 4. The lowest BCUT2D eigenvalue weighted by molar-refractivity contribution is -0.137. The summed E-state index contributed by atoms with van der Waals surface area (Å²) < 4.78 is 25.5. The maximum Gasteiger partial charge on any atom is 0.365 e. The fourth-order valence-electron chi connectivity index (χ4n) is 1.32. The molecule has 0 aliphatic rings. The fraction of sp³-hybridized carbons (Fsp3) is 0.429. The van der Waals surface area contributed by atoms with Crippen molar-refractivity contribution in [1.29, 1.82) is 0 Å². The van der Waals surface area contributed by atoms with Crippen LogP contribution in [0, 0.1) is 5.92 Å². The van der Waals surface area contributed by atoms with Crippen LogP contribution in [0.2, 0.25) is 0 Å². The molecule has 0 amide bonds. The molecule has 0 unspecified atom stereocenters. The SMILES string of the molecule is CC(C)(F)/C(=C/C(=O)O)C(=O)O.CC(C)/C(C(=O)O)=C(\F)C(=O)O. The highest BCUT2D eigenvalue weighted by Gasteiger charge is 2.28. The molecule has 24 heavy (non-hydrogen) atoms. The van der Waals surface area contributed by atoms with E-state index in [1.54, 1.807) is 0 Å². The molecule has 0 aliphatic carbocycles. The van der Waals surface area contributed by atoms with Crippen LogP contribution in [0.15, 0.2) is 23.0 Å². The van der Waals surface area contributed by atoms with Gasteiger partial charge in [0.15, 0.2) is 0 Å². The molecule has 4 N–H and O–H groups in total. The van der Waals surface area contributed by atoms with E-state index in [0.717, 1.165) is 13.8 Å². The molecule has 0 rings (SSSR count). The molecular weight excluding hydrogens is 334 g/mol. The first kappa shape index (κ1) is 23.5. The van der Waals surface area contributed by atoms with E-state index < -0.39 is 52.4 Å². The lowest BCUT2D eigenvalue weighted by Crippen LogP contribution is -2.23. The Labute approximate surface area is 135 Å². The second-order valence-electron chi connectivity index (χ2n) is 5.17. The first-order valence-corrected chi connectivity index (χ1v) is 6.36.